The van der Waals surface area contributed by atoms with Crippen LogP contribution in [0.4, 0.5) is 0 Å². The van der Waals surface area contributed by atoms with Crippen LogP contribution in [0, 0.1) is 51.6 Å². The van der Waals surface area contributed by atoms with Crippen molar-refractivity contribution in [1.29, 1.82) is 0 Å². The van der Waals surface area contributed by atoms with Crippen LogP contribution < -0.4 is 0 Å². The predicted octanol–water partition coefficient (Wildman–Crippen LogP) is 0.722. The fraction of sp³-hybridized carbons (Fsp3) is 0.167. The summed E-state index contributed by atoms with van der Waals surface area (Å²) in [7, 11) is 2.45. The average Bonchev–Trinajstić information content (AvgIpc) is 2.96. The molecule has 1 saturated carbocycles. The number of hydrogen-bond acceptors (Lipinski definition) is 4. The molecule has 0 bridgehead atoms. The molecule has 0 heterocycles. The molecule has 1 aliphatic rings. The summed E-state index contributed by atoms with van der Waals surface area (Å²) in [6.07, 6.45) is 12.0. The molecule has 18 heavy (non-hydrogen) atoms. The van der Waals surface area contributed by atoms with Crippen molar-refractivity contribution in [3.63, 3.8) is 0 Å². The van der Waals surface area contributed by atoms with Crippen molar-refractivity contribution in [2.24, 2.45) is 0 Å². The molecule has 0 spiro atoms. The van der Waals surface area contributed by atoms with Crippen LogP contribution in [-0.4, -0.2) is 26.2 Å². The monoisotopic (exact) mass is 296 g/mol. The van der Waals surface area contributed by atoms with Crippen LogP contribution in [0.3, 0.4) is 0 Å². The molecule has 0 aliphatic heterocycles. The first-order chi connectivity index (χ1) is 8.20. The second-order valence-electron chi connectivity index (χ2n) is 2.34. The SMILES string of the molecule is COC(=O)[CH][CH]C(=O)OC.[C-]#[O+].[CH]1[CH][CH][CH][CH]1.[Co]. The molecular weight excluding hydrogens is 283 g/mol. The number of ether oxygens (including phenoxy) is 2. The zero-order valence-corrected chi connectivity index (χ0v) is 11.0. The fourth-order valence-corrected chi connectivity index (χ4v) is 0.593. The third-order valence-corrected chi connectivity index (χ3v) is 1.31. The summed E-state index contributed by atoms with van der Waals surface area (Å²) in [5.74, 6) is -1.16. The summed E-state index contributed by atoms with van der Waals surface area (Å²) in [5, 5.41) is 0. The standard InChI is InChI=1S/C6H8O4.C5H5.CO.Co/c1-9-5(7)3-4-6(8)10-2;1-2-4-5-3-1;1-2;/h3-4H,1-2H3;1-5H;;. The molecule has 1 fully saturated rings. The predicted molar refractivity (Wildman–Crippen MR) is 58.1 cm³/mol. The number of carbonyl (C=O) groups is 2. The van der Waals surface area contributed by atoms with Crippen LogP contribution in [0.15, 0.2) is 0 Å². The van der Waals surface area contributed by atoms with E-state index >= 15 is 0 Å². The second-order valence-corrected chi connectivity index (χ2v) is 2.34. The Morgan fingerprint density at radius 1 is 0.889 bits per heavy atom. The molecule has 8 radical (unpaired) electrons. The summed E-state index contributed by atoms with van der Waals surface area (Å²) >= 11 is 0. The zero-order valence-electron chi connectivity index (χ0n) is 9.92. The molecule has 1 aliphatic carbocycles. The van der Waals surface area contributed by atoms with Gasteiger partial charge in [0.25, 0.3) is 0 Å². The Kier molecular flexibility index (Phi) is 23.1. The quantitative estimate of drug-likeness (QED) is 0.437. The van der Waals surface area contributed by atoms with Crippen molar-refractivity contribution >= 4 is 11.9 Å². The topological polar surface area (TPSA) is 72.5 Å². The minimum atomic E-state index is -0.578. The normalized spacial score (nSPS) is 11.6. The van der Waals surface area contributed by atoms with E-state index in [1.807, 2.05) is 32.1 Å². The maximum Gasteiger partial charge on any atom is 0 e. The molecule has 0 aromatic rings. The van der Waals surface area contributed by atoms with Crippen molar-refractivity contribution in [3.8, 4) is 0 Å². The first-order valence-corrected chi connectivity index (χ1v) is 4.41. The Balaban J connectivity index is -0.000000236. The van der Waals surface area contributed by atoms with Gasteiger partial charge in [0.05, 0.1) is 27.1 Å². The van der Waals surface area contributed by atoms with Crippen molar-refractivity contribution < 1.29 is 40.5 Å². The molecule has 0 atom stereocenters. The summed E-state index contributed by atoms with van der Waals surface area (Å²) in [5.41, 5.74) is 0. The zero-order chi connectivity index (χ0) is 13.5. The van der Waals surface area contributed by atoms with Crippen LogP contribution in [0.5, 0.6) is 0 Å². The van der Waals surface area contributed by atoms with Crippen molar-refractivity contribution in [1.82, 2.24) is 0 Å². The van der Waals surface area contributed by atoms with Gasteiger partial charge in [0, 0.05) is 16.8 Å². The van der Waals surface area contributed by atoms with Crippen LogP contribution in [-0.2, 0) is 40.5 Å². The van der Waals surface area contributed by atoms with Crippen LogP contribution in [0.1, 0.15) is 0 Å². The van der Waals surface area contributed by atoms with E-state index in [2.05, 4.69) is 16.1 Å². The number of carbonyl (C=O) groups excluding carboxylic acids is 2. The van der Waals surface area contributed by atoms with Crippen LogP contribution >= 0.6 is 0 Å². The molecule has 1 rings (SSSR count). The van der Waals surface area contributed by atoms with Crippen LogP contribution in [0.25, 0.3) is 0 Å². The van der Waals surface area contributed by atoms with Gasteiger partial charge in [-0.15, -0.1) is 0 Å². The third kappa shape index (κ3) is 17.6. The number of methoxy groups -OCH3 is 2. The Bertz CT molecular complexity index is 200. The average molecular weight is 296 g/mol. The molecule has 0 aromatic carbocycles. The van der Waals surface area contributed by atoms with Gasteiger partial charge < -0.3 is 9.47 Å². The molecular formula is C12H13CoO5. The van der Waals surface area contributed by atoms with Gasteiger partial charge in [-0.25, -0.2) is 0 Å². The summed E-state index contributed by atoms with van der Waals surface area (Å²) < 4.78 is 15.9. The van der Waals surface area contributed by atoms with Gasteiger partial charge in [0.15, 0.2) is 0 Å². The van der Waals surface area contributed by atoms with E-state index in [0.29, 0.717) is 0 Å². The molecule has 100 valence electrons. The van der Waals surface area contributed by atoms with Gasteiger partial charge >= 0.3 is 23.2 Å². The second kappa shape index (κ2) is 18.5. The molecule has 0 saturated heterocycles. The van der Waals surface area contributed by atoms with Gasteiger partial charge in [0.2, 0.25) is 0 Å². The number of hydrogen-bond donors (Lipinski definition) is 0. The minimum absolute atomic E-state index is 0. The largest absolute Gasteiger partial charge is 0.0312 e. The molecule has 0 amide bonds. The van der Waals surface area contributed by atoms with Gasteiger partial charge in [-0.1, -0.05) is 0 Å². The Hall–Kier alpha value is -0.814. The number of esters is 2. The molecule has 0 aromatic heterocycles. The first kappa shape index (κ1) is 22.4. The van der Waals surface area contributed by atoms with E-state index in [-0.39, 0.29) is 16.8 Å². The minimum Gasteiger partial charge on any atom is -0.0312 e. The Labute approximate surface area is 119 Å². The maximum absolute atomic E-state index is 10.3. The van der Waals surface area contributed by atoms with E-state index in [4.69, 9.17) is 4.65 Å². The summed E-state index contributed by atoms with van der Waals surface area (Å²) in [4.78, 5) is 20.6. The molecule has 6 heteroatoms. The van der Waals surface area contributed by atoms with E-state index < -0.39 is 11.9 Å². The molecule has 0 N–H and O–H groups in total. The third-order valence-electron chi connectivity index (χ3n) is 1.31. The number of rotatable bonds is 3. The van der Waals surface area contributed by atoms with E-state index in [1.54, 1.807) is 0 Å². The van der Waals surface area contributed by atoms with Crippen molar-refractivity contribution in [2.75, 3.05) is 14.2 Å². The fourth-order valence-electron chi connectivity index (χ4n) is 0.593. The molecule has 5 nitrogen and oxygen atoms in total. The Morgan fingerprint density at radius 3 is 1.28 bits per heavy atom. The van der Waals surface area contributed by atoms with E-state index in [9.17, 15) is 9.59 Å². The van der Waals surface area contributed by atoms with Crippen molar-refractivity contribution in [2.45, 2.75) is 0 Å². The molecule has 0 unspecified atom stereocenters. The Morgan fingerprint density at radius 2 is 1.11 bits per heavy atom. The van der Waals surface area contributed by atoms with Gasteiger partial charge in [0.1, 0.15) is 0 Å². The van der Waals surface area contributed by atoms with Gasteiger partial charge in [-0.3, -0.25) is 9.59 Å². The first-order valence-electron chi connectivity index (χ1n) is 4.41. The summed E-state index contributed by atoms with van der Waals surface area (Å²) in [6, 6.07) is 0. The van der Waals surface area contributed by atoms with Crippen LogP contribution in [0.2, 0.25) is 0 Å². The van der Waals surface area contributed by atoms with Gasteiger partial charge in [-0.2, -0.15) is 0 Å². The smallest absolute Gasteiger partial charge is 0 e. The van der Waals surface area contributed by atoms with E-state index in [0.717, 1.165) is 12.8 Å². The maximum atomic E-state index is 10.3. The summed E-state index contributed by atoms with van der Waals surface area (Å²) in [6.45, 7) is 4.50. The van der Waals surface area contributed by atoms with Crippen molar-refractivity contribution in [3.05, 3.63) is 51.6 Å². The van der Waals surface area contributed by atoms with E-state index in [1.165, 1.54) is 14.2 Å². The van der Waals surface area contributed by atoms with Gasteiger partial charge in [-0.05, 0) is 32.1 Å².